The lowest BCUT2D eigenvalue weighted by molar-refractivity contribution is -0.142. The number of carboxylic acids is 1. The van der Waals surface area contributed by atoms with Crippen molar-refractivity contribution in [1.29, 1.82) is 0 Å². The van der Waals surface area contributed by atoms with Gasteiger partial charge in [-0.25, -0.2) is 9.59 Å². The van der Waals surface area contributed by atoms with Gasteiger partial charge in [0.25, 0.3) is 0 Å². The lowest BCUT2D eigenvalue weighted by Gasteiger charge is -2.26. The van der Waals surface area contributed by atoms with E-state index in [1.807, 2.05) is 78.7 Å². The summed E-state index contributed by atoms with van der Waals surface area (Å²) < 4.78 is 7.07. The van der Waals surface area contributed by atoms with Crippen LogP contribution in [-0.2, 0) is 27.9 Å². The molecule has 3 aromatic carbocycles. The molecule has 1 aliphatic carbocycles. The molecule has 0 spiro atoms. The Labute approximate surface area is 243 Å². The number of hydrogen-bond acceptors (Lipinski definition) is 6. The summed E-state index contributed by atoms with van der Waals surface area (Å²) in [4.78, 5) is 40.5. The van der Waals surface area contributed by atoms with Gasteiger partial charge in [0.1, 0.15) is 12.6 Å². The molecular weight excluding hydrogens is 534 g/mol. The molecule has 2 atom stereocenters. The number of aliphatic carboxylic acids is 1. The Morgan fingerprint density at radius 3 is 2.14 bits per heavy atom. The Morgan fingerprint density at radius 1 is 0.929 bits per heavy atom. The zero-order valence-corrected chi connectivity index (χ0v) is 23.4. The van der Waals surface area contributed by atoms with Crippen LogP contribution < -0.4 is 10.6 Å². The van der Waals surface area contributed by atoms with Gasteiger partial charge in [0.2, 0.25) is 5.91 Å². The van der Waals surface area contributed by atoms with Crippen LogP contribution in [0, 0.1) is 0 Å². The molecule has 2 unspecified atom stereocenters. The third-order valence-electron chi connectivity index (χ3n) is 7.43. The highest BCUT2D eigenvalue weighted by Crippen LogP contribution is 2.44. The summed E-state index contributed by atoms with van der Waals surface area (Å²) in [5.74, 6) is -2.04. The molecule has 0 bridgehead atoms. The highest BCUT2D eigenvalue weighted by Gasteiger charge is 2.32. The number of carbonyl (C=O) groups is 3. The van der Waals surface area contributed by atoms with Crippen LogP contribution in [0.3, 0.4) is 0 Å². The number of nitrogens with zero attached hydrogens (tertiary/aromatic N) is 3. The predicted octanol–water partition coefficient (Wildman–Crippen LogP) is 3.70. The number of benzene rings is 3. The molecule has 1 aromatic heterocycles. The lowest BCUT2D eigenvalue weighted by Crippen LogP contribution is -2.53. The summed E-state index contributed by atoms with van der Waals surface area (Å²) in [5, 5.41) is 19.1. The normalized spacial score (nSPS) is 13.6. The maximum absolute atomic E-state index is 13.5. The molecule has 0 fully saturated rings. The molecule has 1 heterocycles. The molecule has 10 heteroatoms. The molecule has 4 aromatic rings. The average Bonchev–Trinajstić information content (AvgIpc) is 3.55. The van der Waals surface area contributed by atoms with E-state index < -0.39 is 30.1 Å². The fourth-order valence-corrected chi connectivity index (χ4v) is 5.42. The number of fused-ring (bicyclic) bond motifs is 3. The molecule has 0 saturated heterocycles. The zero-order chi connectivity index (χ0) is 29.6. The van der Waals surface area contributed by atoms with E-state index in [9.17, 15) is 19.5 Å². The minimum atomic E-state index is -1.35. The number of hydrogen-bond donors (Lipinski definition) is 3. The minimum absolute atomic E-state index is 0.0842. The second kappa shape index (κ2) is 12.7. The molecule has 0 aliphatic heterocycles. The quantitative estimate of drug-likeness (QED) is 0.252. The highest BCUT2D eigenvalue weighted by atomic mass is 16.5. The second-order valence-electron chi connectivity index (χ2n) is 10.4. The Bertz CT molecular complexity index is 1520. The van der Waals surface area contributed by atoms with Crippen molar-refractivity contribution in [2.45, 2.75) is 24.5 Å². The van der Waals surface area contributed by atoms with Gasteiger partial charge in [0.05, 0.1) is 5.69 Å². The fourth-order valence-electron chi connectivity index (χ4n) is 5.42. The van der Waals surface area contributed by atoms with Crippen LogP contribution >= 0.6 is 0 Å². The van der Waals surface area contributed by atoms with Gasteiger partial charge < -0.3 is 20.5 Å². The van der Waals surface area contributed by atoms with E-state index in [0.29, 0.717) is 12.2 Å². The molecule has 3 N–H and O–H groups in total. The van der Waals surface area contributed by atoms with Gasteiger partial charge in [-0.2, -0.15) is 5.10 Å². The molecule has 0 saturated carbocycles. The summed E-state index contributed by atoms with van der Waals surface area (Å²) in [7, 11) is 3.42. The van der Waals surface area contributed by atoms with Gasteiger partial charge in [-0.15, -0.1) is 0 Å². The molecule has 216 valence electrons. The largest absolute Gasteiger partial charge is 0.479 e. The third kappa shape index (κ3) is 6.34. The van der Waals surface area contributed by atoms with E-state index in [2.05, 4.69) is 27.9 Å². The smallest absolute Gasteiger partial charge is 0.407 e. The van der Waals surface area contributed by atoms with Gasteiger partial charge >= 0.3 is 12.1 Å². The van der Waals surface area contributed by atoms with E-state index in [-0.39, 0.29) is 19.1 Å². The van der Waals surface area contributed by atoms with Crippen molar-refractivity contribution in [3.63, 3.8) is 0 Å². The minimum Gasteiger partial charge on any atom is -0.479 e. The van der Waals surface area contributed by atoms with E-state index in [1.54, 1.807) is 7.05 Å². The molecule has 5 rings (SSSR count). The van der Waals surface area contributed by atoms with Gasteiger partial charge in [0.15, 0.2) is 6.04 Å². The molecule has 42 heavy (non-hydrogen) atoms. The highest BCUT2D eigenvalue weighted by molar-refractivity contribution is 5.90. The number of ether oxygens (including phenoxy) is 1. The number of aryl methyl sites for hydroxylation is 1. The summed E-state index contributed by atoms with van der Waals surface area (Å²) >= 11 is 0. The Balaban J connectivity index is 1.30. The van der Waals surface area contributed by atoms with Crippen LogP contribution in [0.2, 0.25) is 0 Å². The summed E-state index contributed by atoms with van der Waals surface area (Å²) in [5.41, 5.74) is 5.69. The van der Waals surface area contributed by atoms with E-state index in [4.69, 9.17) is 4.74 Å². The summed E-state index contributed by atoms with van der Waals surface area (Å²) in [6, 6.07) is 24.8. The van der Waals surface area contributed by atoms with Crippen LogP contribution in [0.15, 0.2) is 91.1 Å². The van der Waals surface area contributed by atoms with Crippen molar-refractivity contribution in [3.8, 4) is 11.1 Å². The van der Waals surface area contributed by atoms with Crippen LogP contribution in [0.5, 0.6) is 0 Å². The number of amides is 2. The average molecular weight is 568 g/mol. The van der Waals surface area contributed by atoms with Crippen LogP contribution in [-0.4, -0.2) is 64.0 Å². The Morgan fingerprint density at radius 2 is 1.55 bits per heavy atom. The first-order valence-corrected chi connectivity index (χ1v) is 13.7. The first-order valence-electron chi connectivity index (χ1n) is 13.7. The first-order chi connectivity index (χ1) is 20.3. The topological polar surface area (TPSA) is 126 Å². The Hall–Kier alpha value is -4.96. The van der Waals surface area contributed by atoms with Crippen molar-refractivity contribution < 1.29 is 24.2 Å². The Kier molecular flexibility index (Phi) is 8.63. The molecule has 1 aliphatic rings. The van der Waals surface area contributed by atoms with Gasteiger partial charge in [-0.1, -0.05) is 78.9 Å². The fraction of sp³-hybridized carbons (Fsp3) is 0.250. The third-order valence-corrected chi connectivity index (χ3v) is 7.43. The zero-order valence-electron chi connectivity index (χ0n) is 23.4. The van der Waals surface area contributed by atoms with Crippen molar-refractivity contribution in [3.05, 3.63) is 114 Å². The van der Waals surface area contributed by atoms with Crippen molar-refractivity contribution in [2.75, 3.05) is 20.2 Å². The maximum atomic E-state index is 13.5. The molecular formula is C32H33N5O5. The van der Waals surface area contributed by atoms with E-state index in [0.717, 1.165) is 27.8 Å². The second-order valence-corrected chi connectivity index (χ2v) is 10.4. The number of likely N-dealkylation sites (N-methyl/N-ethyl adjacent to an activating group) is 1. The molecule has 2 amide bonds. The van der Waals surface area contributed by atoms with E-state index in [1.165, 1.54) is 16.9 Å². The van der Waals surface area contributed by atoms with Crippen LogP contribution in [0.4, 0.5) is 4.79 Å². The van der Waals surface area contributed by atoms with Crippen molar-refractivity contribution in [1.82, 2.24) is 25.3 Å². The van der Waals surface area contributed by atoms with Crippen LogP contribution in [0.25, 0.3) is 11.1 Å². The summed E-state index contributed by atoms with van der Waals surface area (Å²) in [6.07, 6.45) is 0.690. The number of aromatic nitrogens is 2. The number of nitrogens with one attached hydrogen (secondary N) is 2. The number of rotatable bonds is 11. The van der Waals surface area contributed by atoms with Crippen LogP contribution in [0.1, 0.15) is 34.3 Å². The van der Waals surface area contributed by atoms with Gasteiger partial charge in [0, 0.05) is 32.3 Å². The number of carboxylic acid groups (broad SMARTS) is 1. The first kappa shape index (κ1) is 28.6. The lowest BCUT2D eigenvalue weighted by atomic mass is 9.98. The number of carbonyl (C=O) groups excluding carboxylic acids is 2. The maximum Gasteiger partial charge on any atom is 0.407 e. The molecule has 10 nitrogen and oxygen atoms in total. The predicted molar refractivity (Wildman–Crippen MR) is 156 cm³/mol. The van der Waals surface area contributed by atoms with Crippen molar-refractivity contribution in [2.24, 2.45) is 7.05 Å². The summed E-state index contributed by atoms with van der Waals surface area (Å²) in [6.45, 7) is 0.713. The van der Waals surface area contributed by atoms with E-state index >= 15 is 0 Å². The van der Waals surface area contributed by atoms with Crippen molar-refractivity contribution >= 4 is 18.0 Å². The number of alkyl carbamates (subject to hydrolysis) is 1. The van der Waals surface area contributed by atoms with Gasteiger partial charge in [-0.3, -0.25) is 14.4 Å². The van der Waals surface area contributed by atoms with Gasteiger partial charge in [-0.05, 0) is 40.9 Å². The monoisotopic (exact) mass is 567 g/mol. The SMILES string of the molecule is CN(Cc1ccccc1)CC(NC(=O)OCC1c2ccccc2-c2ccccc21)C(=O)NC(C(=O)O)c1ccnn1C. The standard InChI is InChI=1S/C32H33N5O5/c1-36(18-21-10-4-3-5-11-21)19-27(30(38)35-29(31(39)40)28-16-17-33-37(28)2)34-32(41)42-20-26-24-14-8-6-12-22(24)23-13-7-9-15-25(23)26/h3-17,26-27,29H,18-20H2,1-2H3,(H,34,41)(H,35,38)(H,39,40). The molecule has 0 radical (unpaired) electrons.